The van der Waals surface area contributed by atoms with E-state index in [1.54, 1.807) is 12.1 Å². The standard InChI is InChI=1S/C17H17ClN2O3/c1-11-5-3-4-6-12(11)9-16(21)19-20-17(22)14-10-13(18)7-8-15(14)23-2/h3-8,10H,9H2,1-2H3,(H,19,21)(H,20,22). The number of rotatable bonds is 4. The Balaban J connectivity index is 1.98. The molecule has 23 heavy (non-hydrogen) atoms. The number of benzene rings is 2. The number of aryl methyl sites for hydroxylation is 1. The Morgan fingerprint density at radius 1 is 1.13 bits per heavy atom. The van der Waals surface area contributed by atoms with Gasteiger partial charge in [0.2, 0.25) is 5.91 Å². The summed E-state index contributed by atoms with van der Waals surface area (Å²) in [5, 5.41) is 0.405. The van der Waals surface area contributed by atoms with Crippen LogP contribution in [0.2, 0.25) is 5.02 Å². The second kappa shape index (κ2) is 7.65. The Morgan fingerprint density at radius 3 is 2.57 bits per heavy atom. The minimum Gasteiger partial charge on any atom is -0.496 e. The molecule has 0 unspecified atom stereocenters. The summed E-state index contributed by atoms with van der Waals surface area (Å²) in [5.74, 6) is -0.434. The number of nitrogens with one attached hydrogen (secondary N) is 2. The lowest BCUT2D eigenvalue weighted by Gasteiger charge is -2.11. The van der Waals surface area contributed by atoms with Crippen LogP contribution in [-0.4, -0.2) is 18.9 Å². The number of carbonyl (C=O) groups is 2. The molecule has 2 amide bonds. The molecule has 0 saturated carbocycles. The van der Waals surface area contributed by atoms with E-state index in [0.29, 0.717) is 10.8 Å². The van der Waals surface area contributed by atoms with Crippen molar-refractivity contribution in [3.8, 4) is 5.75 Å². The van der Waals surface area contributed by atoms with Gasteiger partial charge in [0.1, 0.15) is 5.75 Å². The van der Waals surface area contributed by atoms with Gasteiger partial charge in [0.05, 0.1) is 19.1 Å². The Hall–Kier alpha value is -2.53. The van der Waals surface area contributed by atoms with E-state index in [0.717, 1.165) is 11.1 Å². The first-order valence-corrected chi connectivity index (χ1v) is 7.36. The normalized spacial score (nSPS) is 10.0. The molecule has 0 aromatic heterocycles. The maximum Gasteiger partial charge on any atom is 0.273 e. The lowest BCUT2D eigenvalue weighted by atomic mass is 10.1. The van der Waals surface area contributed by atoms with Crippen molar-refractivity contribution in [1.29, 1.82) is 0 Å². The Kier molecular flexibility index (Phi) is 5.60. The van der Waals surface area contributed by atoms with Crippen molar-refractivity contribution in [2.24, 2.45) is 0 Å². The zero-order valence-corrected chi connectivity index (χ0v) is 13.6. The predicted molar refractivity (Wildman–Crippen MR) is 88.5 cm³/mol. The molecule has 6 heteroatoms. The van der Waals surface area contributed by atoms with E-state index >= 15 is 0 Å². The van der Waals surface area contributed by atoms with Crippen LogP contribution in [0.1, 0.15) is 21.5 Å². The molecule has 0 aliphatic heterocycles. The highest BCUT2D eigenvalue weighted by atomic mass is 35.5. The Morgan fingerprint density at radius 2 is 1.87 bits per heavy atom. The number of hydrogen-bond donors (Lipinski definition) is 2. The Labute approximate surface area is 139 Å². The van der Waals surface area contributed by atoms with E-state index < -0.39 is 5.91 Å². The average molecular weight is 333 g/mol. The molecule has 2 aromatic rings. The highest BCUT2D eigenvalue weighted by Gasteiger charge is 2.14. The lowest BCUT2D eigenvalue weighted by molar-refractivity contribution is -0.121. The minimum absolute atomic E-state index is 0.180. The van der Waals surface area contributed by atoms with Gasteiger partial charge in [-0.3, -0.25) is 20.4 Å². The van der Waals surface area contributed by atoms with Gasteiger partial charge in [0.25, 0.3) is 5.91 Å². The fourth-order valence-corrected chi connectivity index (χ4v) is 2.25. The number of carbonyl (C=O) groups excluding carboxylic acids is 2. The van der Waals surface area contributed by atoms with Crippen molar-refractivity contribution in [2.75, 3.05) is 7.11 Å². The van der Waals surface area contributed by atoms with Gasteiger partial charge in [-0.05, 0) is 36.2 Å². The average Bonchev–Trinajstić information content (AvgIpc) is 2.54. The molecule has 0 bridgehead atoms. The van der Waals surface area contributed by atoms with Crippen LogP contribution in [0, 0.1) is 6.92 Å². The summed E-state index contributed by atoms with van der Waals surface area (Å²) in [6, 6.07) is 12.3. The van der Waals surface area contributed by atoms with Gasteiger partial charge in [0.15, 0.2) is 0 Å². The molecule has 2 rings (SSSR count). The largest absolute Gasteiger partial charge is 0.496 e. The van der Waals surface area contributed by atoms with Gasteiger partial charge in [-0.25, -0.2) is 0 Å². The molecule has 0 radical (unpaired) electrons. The van der Waals surface area contributed by atoms with E-state index in [2.05, 4.69) is 10.9 Å². The zero-order chi connectivity index (χ0) is 16.8. The first-order valence-electron chi connectivity index (χ1n) is 6.98. The second-order valence-electron chi connectivity index (χ2n) is 4.95. The van der Waals surface area contributed by atoms with E-state index in [1.807, 2.05) is 31.2 Å². The molecule has 0 saturated heterocycles. The second-order valence-corrected chi connectivity index (χ2v) is 5.39. The maximum absolute atomic E-state index is 12.1. The molecule has 0 aliphatic carbocycles. The molecule has 0 fully saturated rings. The van der Waals surface area contributed by atoms with Gasteiger partial charge < -0.3 is 4.74 Å². The molecule has 0 aliphatic rings. The number of hydrogen-bond acceptors (Lipinski definition) is 3. The van der Waals surface area contributed by atoms with Crippen LogP contribution in [0.3, 0.4) is 0 Å². The summed E-state index contributed by atoms with van der Waals surface area (Å²) < 4.78 is 5.11. The van der Waals surface area contributed by atoms with Crippen molar-refractivity contribution in [3.05, 3.63) is 64.2 Å². The summed E-state index contributed by atoms with van der Waals surface area (Å²) in [4.78, 5) is 24.1. The fourth-order valence-electron chi connectivity index (χ4n) is 2.08. The van der Waals surface area contributed by atoms with Crippen molar-refractivity contribution < 1.29 is 14.3 Å². The molecule has 120 valence electrons. The third kappa shape index (κ3) is 4.47. The first-order chi connectivity index (χ1) is 11.0. The van der Waals surface area contributed by atoms with Gasteiger partial charge in [-0.15, -0.1) is 0 Å². The summed E-state index contributed by atoms with van der Waals surface area (Å²) in [7, 11) is 1.46. The molecule has 0 spiro atoms. The number of halogens is 1. The minimum atomic E-state index is -0.498. The number of amides is 2. The van der Waals surface area contributed by atoms with Gasteiger partial charge in [0, 0.05) is 5.02 Å². The first kappa shape index (κ1) is 16.8. The van der Waals surface area contributed by atoms with Gasteiger partial charge >= 0.3 is 0 Å². The predicted octanol–water partition coefficient (Wildman–Crippen LogP) is 2.66. The zero-order valence-electron chi connectivity index (χ0n) is 12.9. The van der Waals surface area contributed by atoms with E-state index in [9.17, 15) is 9.59 Å². The summed E-state index contributed by atoms with van der Waals surface area (Å²) >= 11 is 5.88. The van der Waals surface area contributed by atoms with Crippen LogP contribution in [-0.2, 0) is 11.2 Å². The quantitative estimate of drug-likeness (QED) is 0.846. The third-order valence-corrected chi connectivity index (χ3v) is 3.57. The van der Waals surface area contributed by atoms with Crippen LogP contribution in [0.4, 0.5) is 0 Å². The smallest absolute Gasteiger partial charge is 0.273 e. The molecule has 0 atom stereocenters. The van der Waals surface area contributed by atoms with Crippen LogP contribution >= 0.6 is 11.6 Å². The number of methoxy groups -OCH3 is 1. The summed E-state index contributed by atoms with van der Waals surface area (Å²) in [5.41, 5.74) is 6.92. The van der Waals surface area contributed by atoms with Crippen molar-refractivity contribution in [2.45, 2.75) is 13.3 Å². The molecule has 0 heterocycles. The highest BCUT2D eigenvalue weighted by Crippen LogP contribution is 2.22. The molecular weight excluding hydrogens is 316 g/mol. The van der Waals surface area contributed by atoms with Crippen LogP contribution < -0.4 is 15.6 Å². The van der Waals surface area contributed by atoms with Crippen molar-refractivity contribution >= 4 is 23.4 Å². The van der Waals surface area contributed by atoms with E-state index in [1.165, 1.54) is 13.2 Å². The third-order valence-electron chi connectivity index (χ3n) is 3.33. The molecular formula is C17H17ClN2O3. The monoisotopic (exact) mass is 332 g/mol. The van der Waals surface area contributed by atoms with Gasteiger partial charge in [-0.1, -0.05) is 35.9 Å². The molecule has 2 aromatic carbocycles. The van der Waals surface area contributed by atoms with E-state index in [-0.39, 0.29) is 17.9 Å². The highest BCUT2D eigenvalue weighted by molar-refractivity contribution is 6.31. The van der Waals surface area contributed by atoms with Crippen LogP contribution in [0.25, 0.3) is 0 Å². The number of ether oxygens (including phenoxy) is 1. The maximum atomic E-state index is 12.1. The summed E-state index contributed by atoms with van der Waals surface area (Å²) in [6.07, 6.45) is 0.180. The summed E-state index contributed by atoms with van der Waals surface area (Å²) in [6.45, 7) is 1.93. The fraction of sp³-hybridized carbons (Fsp3) is 0.176. The molecule has 5 nitrogen and oxygen atoms in total. The number of hydrazine groups is 1. The van der Waals surface area contributed by atoms with Crippen molar-refractivity contribution in [3.63, 3.8) is 0 Å². The van der Waals surface area contributed by atoms with Crippen molar-refractivity contribution in [1.82, 2.24) is 10.9 Å². The Bertz CT molecular complexity index is 732. The topological polar surface area (TPSA) is 67.4 Å². The van der Waals surface area contributed by atoms with Gasteiger partial charge in [-0.2, -0.15) is 0 Å². The van der Waals surface area contributed by atoms with E-state index in [4.69, 9.17) is 16.3 Å². The van der Waals surface area contributed by atoms with Crippen LogP contribution in [0.15, 0.2) is 42.5 Å². The SMILES string of the molecule is COc1ccc(Cl)cc1C(=O)NNC(=O)Cc1ccccc1C. The van der Waals surface area contributed by atoms with Crippen LogP contribution in [0.5, 0.6) is 5.75 Å². The lowest BCUT2D eigenvalue weighted by Crippen LogP contribution is -2.42. The molecule has 2 N–H and O–H groups in total.